The molecule has 0 spiro atoms. The molecule has 23 heavy (non-hydrogen) atoms. The monoisotopic (exact) mass is 318 g/mol. The second-order valence-electron chi connectivity index (χ2n) is 9.18. The first-order valence-corrected chi connectivity index (χ1v) is 8.71. The molecule has 0 unspecified atom stereocenters. The Labute approximate surface area is 139 Å². The van der Waals surface area contributed by atoms with E-state index in [-0.39, 0.29) is 28.2 Å². The lowest BCUT2D eigenvalue weighted by molar-refractivity contribution is -0.148. The zero-order valence-electron chi connectivity index (χ0n) is 15.5. The van der Waals surface area contributed by atoms with Crippen molar-refractivity contribution in [3.05, 3.63) is 11.1 Å². The summed E-state index contributed by atoms with van der Waals surface area (Å²) in [5.41, 5.74) is 0.558. The lowest BCUT2D eigenvalue weighted by Crippen LogP contribution is -2.48. The Hall–Kier alpha value is -1.25. The van der Waals surface area contributed by atoms with E-state index in [1.165, 1.54) is 0 Å². The van der Waals surface area contributed by atoms with Gasteiger partial charge < -0.3 is 0 Å². The van der Waals surface area contributed by atoms with Crippen LogP contribution in [-0.2, 0) is 14.4 Å². The van der Waals surface area contributed by atoms with Gasteiger partial charge in [0.1, 0.15) is 11.6 Å². The van der Waals surface area contributed by atoms with Crippen LogP contribution in [0.15, 0.2) is 11.1 Å². The summed E-state index contributed by atoms with van der Waals surface area (Å²) in [6.45, 7) is 12.0. The molecule has 0 aromatic rings. The molecule has 3 nitrogen and oxygen atoms in total. The second kappa shape index (κ2) is 5.68. The summed E-state index contributed by atoms with van der Waals surface area (Å²) in [7, 11) is 0. The Balaban J connectivity index is 2.38. The van der Waals surface area contributed by atoms with Gasteiger partial charge in [0.15, 0.2) is 5.78 Å². The van der Waals surface area contributed by atoms with Crippen LogP contribution in [0.25, 0.3) is 0 Å². The van der Waals surface area contributed by atoms with Crippen molar-refractivity contribution in [3.8, 4) is 0 Å². The number of hydrogen-bond acceptors (Lipinski definition) is 3. The highest BCUT2D eigenvalue weighted by molar-refractivity contribution is 6.11. The highest BCUT2D eigenvalue weighted by Crippen LogP contribution is 2.48. The third-order valence-electron chi connectivity index (χ3n) is 5.66. The first kappa shape index (κ1) is 18.1. The predicted octanol–water partition coefficient (Wildman–Crippen LogP) is 4.44. The van der Waals surface area contributed by atoms with Gasteiger partial charge in [-0.2, -0.15) is 0 Å². The smallest absolute Gasteiger partial charge is 0.159 e. The number of rotatable bonds is 3. The van der Waals surface area contributed by atoms with E-state index in [0.29, 0.717) is 32.1 Å². The Morgan fingerprint density at radius 3 is 1.74 bits per heavy atom. The van der Waals surface area contributed by atoms with Gasteiger partial charge in [0.05, 0.1) is 5.41 Å². The van der Waals surface area contributed by atoms with Crippen LogP contribution >= 0.6 is 0 Å². The normalized spacial score (nSPS) is 26.6. The fourth-order valence-electron chi connectivity index (χ4n) is 4.36. The van der Waals surface area contributed by atoms with Crippen LogP contribution in [0.2, 0.25) is 0 Å². The topological polar surface area (TPSA) is 51.2 Å². The Morgan fingerprint density at radius 1 is 0.826 bits per heavy atom. The molecule has 1 fully saturated rings. The molecule has 0 bridgehead atoms. The van der Waals surface area contributed by atoms with Gasteiger partial charge in [0.25, 0.3) is 0 Å². The van der Waals surface area contributed by atoms with Crippen LogP contribution in [-0.4, -0.2) is 17.3 Å². The fourth-order valence-corrected chi connectivity index (χ4v) is 4.36. The highest BCUT2D eigenvalue weighted by atomic mass is 16.2. The highest BCUT2D eigenvalue weighted by Gasteiger charge is 2.51. The van der Waals surface area contributed by atoms with E-state index in [4.69, 9.17) is 0 Å². The minimum absolute atomic E-state index is 0.0212. The zero-order valence-corrected chi connectivity index (χ0v) is 15.5. The van der Waals surface area contributed by atoms with Crippen molar-refractivity contribution in [1.29, 1.82) is 0 Å². The summed E-state index contributed by atoms with van der Waals surface area (Å²) in [4.78, 5) is 38.3. The maximum Gasteiger partial charge on any atom is 0.159 e. The van der Waals surface area contributed by atoms with Crippen molar-refractivity contribution in [2.75, 3.05) is 0 Å². The SMILES string of the molecule is CCC1(CC2=C(C)CC(C)(C)CC2=O)C(=O)CC(C)(C)CC1=O. The summed E-state index contributed by atoms with van der Waals surface area (Å²) in [6, 6.07) is 0. The van der Waals surface area contributed by atoms with Crippen molar-refractivity contribution in [1.82, 2.24) is 0 Å². The van der Waals surface area contributed by atoms with Gasteiger partial charge in [-0.1, -0.05) is 40.2 Å². The summed E-state index contributed by atoms with van der Waals surface area (Å²) in [6.07, 6.45) is 3.04. The third kappa shape index (κ3) is 3.34. The molecule has 0 heterocycles. The molecule has 1 saturated carbocycles. The number of ketones is 3. The molecule has 0 aliphatic heterocycles. The molecule has 2 aliphatic rings. The Kier molecular flexibility index (Phi) is 4.47. The lowest BCUT2D eigenvalue weighted by atomic mass is 9.59. The molecule has 0 amide bonds. The quantitative estimate of drug-likeness (QED) is 0.723. The largest absolute Gasteiger partial charge is 0.299 e. The second-order valence-corrected chi connectivity index (χ2v) is 9.18. The number of hydrogen-bond donors (Lipinski definition) is 0. The molecule has 0 aromatic heterocycles. The summed E-state index contributed by atoms with van der Waals surface area (Å²) < 4.78 is 0. The van der Waals surface area contributed by atoms with Crippen LogP contribution in [0.4, 0.5) is 0 Å². The molecule has 0 saturated heterocycles. The third-order valence-corrected chi connectivity index (χ3v) is 5.66. The van der Waals surface area contributed by atoms with Gasteiger partial charge in [-0.3, -0.25) is 14.4 Å². The standard InChI is InChI=1S/C20H30O3/c1-7-20(16(22)11-19(5,6)12-17(20)23)9-14-13(2)8-18(3,4)10-15(14)21/h7-12H2,1-6H3. The summed E-state index contributed by atoms with van der Waals surface area (Å²) >= 11 is 0. The van der Waals surface area contributed by atoms with Crippen molar-refractivity contribution in [2.45, 2.75) is 80.1 Å². The molecule has 2 rings (SSSR count). The minimum Gasteiger partial charge on any atom is -0.299 e. The van der Waals surface area contributed by atoms with E-state index in [1.54, 1.807) is 0 Å². The first-order chi connectivity index (χ1) is 10.4. The van der Waals surface area contributed by atoms with E-state index in [2.05, 4.69) is 13.8 Å². The maximum absolute atomic E-state index is 12.8. The molecular formula is C20H30O3. The van der Waals surface area contributed by atoms with Gasteiger partial charge in [-0.25, -0.2) is 0 Å². The van der Waals surface area contributed by atoms with Gasteiger partial charge >= 0.3 is 0 Å². The number of carbonyl (C=O) groups excluding carboxylic acids is 3. The summed E-state index contributed by atoms with van der Waals surface area (Å²) in [5.74, 6) is 0.176. The molecule has 2 aliphatic carbocycles. The summed E-state index contributed by atoms with van der Waals surface area (Å²) in [5, 5.41) is 0. The van der Waals surface area contributed by atoms with E-state index >= 15 is 0 Å². The Bertz CT molecular complexity index is 570. The predicted molar refractivity (Wildman–Crippen MR) is 91.1 cm³/mol. The molecule has 128 valence electrons. The number of Topliss-reactive ketones (excluding diaryl/α,β-unsaturated/α-hetero) is 3. The molecule has 0 atom stereocenters. The van der Waals surface area contributed by atoms with E-state index in [9.17, 15) is 14.4 Å². The number of carbonyl (C=O) groups is 3. The Morgan fingerprint density at radius 2 is 1.30 bits per heavy atom. The van der Waals surface area contributed by atoms with Gasteiger partial charge in [-0.05, 0) is 42.6 Å². The van der Waals surface area contributed by atoms with E-state index < -0.39 is 5.41 Å². The average Bonchev–Trinajstić information content (AvgIpc) is 2.34. The van der Waals surface area contributed by atoms with E-state index in [0.717, 1.165) is 17.6 Å². The van der Waals surface area contributed by atoms with Crippen molar-refractivity contribution in [2.24, 2.45) is 16.2 Å². The van der Waals surface area contributed by atoms with Gasteiger partial charge in [0, 0.05) is 19.3 Å². The van der Waals surface area contributed by atoms with Crippen molar-refractivity contribution in [3.63, 3.8) is 0 Å². The van der Waals surface area contributed by atoms with Crippen LogP contribution < -0.4 is 0 Å². The average molecular weight is 318 g/mol. The van der Waals surface area contributed by atoms with Crippen LogP contribution in [0.3, 0.4) is 0 Å². The molecular weight excluding hydrogens is 288 g/mol. The van der Waals surface area contributed by atoms with Crippen LogP contribution in [0.5, 0.6) is 0 Å². The lowest BCUT2D eigenvalue weighted by Gasteiger charge is -2.42. The van der Waals surface area contributed by atoms with Crippen molar-refractivity contribution >= 4 is 17.3 Å². The van der Waals surface area contributed by atoms with Gasteiger partial charge in [-0.15, -0.1) is 0 Å². The minimum atomic E-state index is -0.969. The number of allylic oxidation sites excluding steroid dienone is 2. The molecule has 3 heteroatoms. The zero-order chi connectivity index (χ0) is 17.6. The van der Waals surface area contributed by atoms with E-state index in [1.807, 2.05) is 27.7 Å². The van der Waals surface area contributed by atoms with Crippen molar-refractivity contribution < 1.29 is 14.4 Å². The molecule has 0 N–H and O–H groups in total. The first-order valence-electron chi connectivity index (χ1n) is 8.71. The molecule has 0 radical (unpaired) electrons. The maximum atomic E-state index is 12.8. The van der Waals surface area contributed by atoms with Crippen LogP contribution in [0.1, 0.15) is 80.1 Å². The van der Waals surface area contributed by atoms with Gasteiger partial charge in [0.2, 0.25) is 0 Å². The van der Waals surface area contributed by atoms with Crippen LogP contribution in [0, 0.1) is 16.2 Å². The fraction of sp³-hybridized carbons (Fsp3) is 0.750. The molecule has 0 aromatic carbocycles.